The smallest absolute Gasteiger partial charge is 0.163 e. The minimum atomic E-state index is -1.77. The zero-order valence-electron chi connectivity index (χ0n) is 8.68. The van der Waals surface area contributed by atoms with Crippen molar-refractivity contribution in [2.75, 3.05) is 0 Å². The van der Waals surface area contributed by atoms with Crippen molar-refractivity contribution < 1.29 is 14.6 Å². The maximum Gasteiger partial charge on any atom is 0.163 e. The summed E-state index contributed by atoms with van der Waals surface area (Å²) >= 11 is 0. The number of halogens is 1. The summed E-state index contributed by atoms with van der Waals surface area (Å²) in [5.41, 5.74) is 1.13. The van der Waals surface area contributed by atoms with E-state index in [0.29, 0.717) is 11.1 Å². The second-order valence-electron chi connectivity index (χ2n) is 4.19. The first-order valence-corrected chi connectivity index (χ1v) is 4.85. The standard InChI is InChI=1S/C11H14FNO2/c1-11(2,12)13-9(14)7-5-3-4-6-8(7)10(13)15/h3-6,9-10,14-15H,1-2H3. The zero-order valence-corrected chi connectivity index (χ0v) is 8.68. The second kappa shape index (κ2) is 3.27. The first-order valence-electron chi connectivity index (χ1n) is 4.85. The highest BCUT2D eigenvalue weighted by Crippen LogP contribution is 2.43. The molecular formula is C11H14FNO2. The van der Waals surface area contributed by atoms with Crippen LogP contribution in [0.4, 0.5) is 4.39 Å². The van der Waals surface area contributed by atoms with E-state index < -0.39 is 18.2 Å². The van der Waals surface area contributed by atoms with E-state index in [9.17, 15) is 14.6 Å². The summed E-state index contributed by atoms with van der Waals surface area (Å²) in [6, 6.07) is 6.89. The summed E-state index contributed by atoms with van der Waals surface area (Å²) in [5.74, 6) is -1.77. The highest BCUT2D eigenvalue weighted by atomic mass is 19.1. The maximum atomic E-state index is 13.8. The van der Waals surface area contributed by atoms with Gasteiger partial charge in [0.25, 0.3) is 0 Å². The quantitative estimate of drug-likeness (QED) is 0.695. The van der Waals surface area contributed by atoms with E-state index in [0.717, 1.165) is 4.90 Å². The molecule has 1 heterocycles. The molecule has 0 amide bonds. The average molecular weight is 211 g/mol. The molecule has 1 aliphatic heterocycles. The normalized spacial score (nSPS) is 26.7. The molecule has 0 fully saturated rings. The van der Waals surface area contributed by atoms with E-state index in [2.05, 4.69) is 0 Å². The summed E-state index contributed by atoms with van der Waals surface area (Å²) in [6.45, 7) is 2.62. The van der Waals surface area contributed by atoms with E-state index in [-0.39, 0.29) is 0 Å². The molecule has 2 unspecified atom stereocenters. The zero-order chi connectivity index (χ0) is 11.2. The predicted molar refractivity (Wildman–Crippen MR) is 53.4 cm³/mol. The van der Waals surface area contributed by atoms with Gasteiger partial charge in [0.1, 0.15) is 12.5 Å². The molecule has 0 saturated carbocycles. The summed E-state index contributed by atoms with van der Waals surface area (Å²) in [7, 11) is 0. The fourth-order valence-electron chi connectivity index (χ4n) is 2.00. The van der Waals surface area contributed by atoms with Gasteiger partial charge in [0.15, 0.2) is 5.79 Å². The van der Waals surface area contributed by atoms with Crippen molar-refractivity contribution in [1.82, 2.24) is 4.90 Å². The molecular weight excluding hydrogens is 197 g/mol. The highest BCUT2D eigenvalue weighted by molar-refractivity contribution is 5.34. The van der Waals surface area contributed by atoms with Crippen molar-refractivity contribution in [3.8, 4) is 0 Å². The lowest BCUT2D eigenvalue weighted by atomic mass is 10.1. The summed E-state index contributed by atoms with van der Waals surface area (Å²) in [4.78, 5) is 1.04. The van der Waals surface area contributed by atoms with Gasteiger partial charge in [0, 0.05) is 11.1 Å². The molecule has 0 saturated heterocycles. The second-order valence-corrected chi connectivity index (χ2v) is 4.19. The third-order valence-corrected chi connectivity index (χ3v) is 2.69. The summed E-state index contributed by atoms with van der Waals surface area (Å²) in [5, 5.41) is 19.7. The molecule has 15 heavy (non-hydrogen) atoms. The Morgan fingerprint density at radius 2 is 1.53 bits per heavy atom. The summed E-state index contributed by atoms with van der Waals surface area (Å²) < 4.78 is 13.8. The molecule has 1 aromatic carbocycles. The van der Waals surface area contributed by atoms with Crippen LogP contribution < -0.4 is 0 Å². The molecule has 1 aromatic rings. The number of hydrogen-bond donors (Lipinski definition) is 2. The Hall–Kier alpha value is -0.970. The predicted octanol–water partition coefficient (Wildman–Crippen LogP) is 1.69. The lowest BCUT2D eigenvalue weighted by Gasteiger charge is -2.33. The molecule has 0 aliphatic carbocycles. The number of fused-ring (bicyclic) bond motifs is 1. The Balaban J connectivity index is 2.45. The van der Waals surface area contributed by atoms with Gasteiger partial charge >= 0.3 is 0 Å². The number of benzene rings is 1. The van der Waals surface area contributed by atoms with Gasteiger partial charge < -0.3 is 10.2 Å². The lowest BCUT2D eigenvalue weighted by Crippen LogP contribution is -2.41. The first-order chi connectivity index (χ1) is 6.93. The Kier molecular flexibility index (Phi) is 2.30. The van der Waals surface area contributed by atoms with Gasteiger partial charge in [-0.05, 0) is 13.8 Å². The van der Waals surface area contributed by atoms with Crippen molar-refractivity contribution in [2.45, 2.75) is 32.1 Å². The molecule has 0 bridgehead atoms. The topological polar surface area (TPSA) is 43.7 Å². The molecule has 0 spiro atoms. The molecule has 3 nitrogen and oxygen atoms in total. The van der Waals surface area contributed by atoms with Gasteiger partial charge in [-0.1, -0.05) is 24.3 Å². The van der Waals surface area contributed by atoms with Crippen LogP contribution in [0.25, 0.3) is 0 Å². The molecule has 0 aromatic heterocycles. The third kappa shape index (κ3) is 1.55. The van der Waals surface area contributed by atoms with Crippen LogP contribution in [-0.4, -0.2) is 20.9 Å². The number of hydrogen-bond acceptors (Lipinski definition) is 3. The van der Waals surface area contributed by atoms with Crippen molar-refractivity contribution >= 4 is 0 Å². The van der Waals surface area contributed by atoms with Crippen LogP contribution in [0.15, 0.2) is 24.3 Å². The van der Waals surface area contributed by atoms with Crippen LogP contribution in [0.1, 0.15) is 37.4 Å². The van der Waals surface area contributed by atoms with E-state index in [4.69, 9.17) is 0 Å². The van der Waals surface area contributed by atoms with Gasteiger partial charge in [0.05, 0.1) is 0 Å². The fraction of sp³-hybridized carbons (Fsp3) is 0.455. The molecule has 2 N–H and O–H groups in total. The third-order valence-electron chi connectivity index (χ3n) is 2.69. The first kappa shape index (κ1) is 10.5. The van der Waals surface area contributed by atoms with Crippen LogP contribution in [0.3, 0.4) is 0 Å². The van der Waals surface area contributed by atoms with Gasteiger partial charge in [-0.15, -0.1) is 0 Å². The molecule has 4 heteroatoms. The molecule has 2 rings (SSSR count). The Morgan fingerprint density at radius 1 is 1.13 bits per heavy atom. The van der Waals surface area contributed by atoms with Crippen molar-refractivity contribution in [1.29, 1.82) is 0 Å². The Bertz CT molecular complexity index is 346. The summed E-state index contributed by atoms with van der Waals surface area (Å²) in [6.07, 6.45) is -2.17. The van der Waals surface area contributed by atoms with Gasteiger partial charge in [-0.25, -0.2) is 9.29 Å². The Labute approximate surface area is 87.8 Å². The van der Waals surface area contributed by atoms with Crippen LogP contribution in [0.2, 0.25) is 0 Å². The van der Waals surface area contributed by atoms with Crippen molar-refractivity contribution in [3.63, 3.8) is 0 Å². The largest absolute Gasteiger partial charge is 0.374 e. The van der Waals surface area contributed by atoms with E-state index in [1.165, 1.54) is 13.8 Å². The fourth-order valence-corrected chi connectivity index (χ4v) is 2.00. The minimum Gasteiger partial charge on any atom is -0.374 e. The van der Waals surface area contributed by atoms with E-state index in [1.807, 2.05) is 0 Å². The number of rotatable bonds is 1. The molecule has 1 aliphatic rings. The lowest BCUT2D eigenvalue weighted by molar-refractivity contribution is -0.180. The number of nitrogens with zero attached hydrogens (tertiary/aromatic N) is 1. The monoisotopic (exact) mass is 211 g/mol. The van der Waals surface area contributed by atoms with Crippen LogP contribution in [-0.2, 0) is 0 Å². The number of aliphatic hydroxyl groups is 2. The van der Waals surface area contributed by atoms with Crippen molar-refractivity contribution in [2.24, 2.45) is 0 Å². The van der Waals surface area contributed by atoms with Gasteiger partial charge in [-0.3, -0.25) is 0 Å². The number of alkyl halides is 1. The van der Waals surface area contributed by atoms with E-state index >= 15 is 0 Å². The SMILES string of the molecule is CC(C)(F)N1C(O)c2ccccc2C1O. The molecule has 82 valence electrons. The van der Waals surface area contributed by atoms with Crippen LogP contribution in [0.5, 0.6) is 0 Å². The van der Waals surface area contributed by atoms with E-state index in [1.54, 1.807) is 24.3 Å². The van der Waals surface area contributed by atoms with Crippen molar-refractivity contribution in [3.05, 3.63) is 35.4 Å². The van der Waals surface area contributed by atoms with Crippen LogP contribution >= 0.6 is 0 Å². The van der Waals surface area contributed by atoms with Gasteiger partial charge in [-0.2, -0.15) is 0 Å². The Morgan fingerprint density at radius 3 is 1.87 bits per heavy atom. The number of aliphatic hydroxyl groups excluding tert-OH is 2. The molecule has 2 atom stereocenters. The minimum absolute atomic E-state index is 0.565. The van der Waals surface area contributed by atoms with Gasteiger partial charge in [0.2, 0.25) is 0 Å². The van der Waals surface area contributed by atoms with Crippen LogP contribution in [0, 0.1) is 0 Å². The molecule has 0 radical (unpaired) electrons. The maximum absolute atomic E-state index is 13.8. The highest BCUT2D eigenvalue weighted by Gasteiger charge is 2.44. The average Bonchev–Trinajstić information content (AvgIpc) is 2.39.